The number of methoxy groups -OCH3 is 1. The van der Waals surface area contributed by atoms with E-state index in [9.17, 15) is 9.59 Å². The van der Waals surface area contributed by atoms with E-state index >= 15 is 0 Å². The summed E-state index contributed by atoms with van der Waals surface area (Å²) in [6, 6.07) is 4.43. The SMILES string of the molecule is COCCN(Cc1cccs1)C(=O)[C@H]1CC(=O)N(C2CC2)C1. The molecule has 0 unspecified atom stereocenters. The highest BCUT2D eigenvalue weighted by Gasteiger charge is 2.42. The third-order valence-corrected chi connectivity index (χ3v) is 5.16. The number of hydrogen-bond acceptors (Lipinski definition) is 4. The molecular weight excluding hydrogens is 300 g/mol. The first kappa shape index (κ1) is 15.5. The molecule has 3 rings (SSSR count). The zero-order valence-electron chi connectivity index (χ0n) is 12.9. The van der Waals surface area contributed by atoms with Crippen molar-refractivity contribution in [1.82, 2.24) is 9.80 Å². The molecule has 1 saturated heterocycles. The number of nitrogens with zero attached hydrogens (tertiary/aromatic N) is 2. The number of hydrogen-bond donors (Lipinski definition) is 0. The molecule has 0 N–H and O–H groups in total. The number of ether oxygens (including phenoxy) is 1. The molecule has 1 aromatic rings. The number of amides is 2. The number of carbonyl (C=O) groups excluding carboxylic acids is 2. The van der Waals surface area contributed by atoms with Crippen LogP contribution in [0.5, 0.6) is 0 Å². The normalized spacial score (nSPS) is 21.4. The fourth-order valence-corrected chi connectivity index (χ4v) is 3.67. The van der Waals surface area contributed by atoms with Crippen LogP contribution >= 0.6 is 11.3 Å². The van der Waals surface area contributed by atoms with Gasteiger partial charge in [0, 0.05) is 37.5 Å². The zero-order chi connectivity index (χ0) is 15.5. The molecule has 6 heteroatoms. The lowest BCUT2D eigenvalue weighted by molar-refractivity contribution is -0.137. The van der Waals surface area contributed by atoms with Crippen molar-refractivity contribution in [3.8, 4) is 0 Å². The zero-order valence-corrected chi connectivity index (χ0v) is 13.7. The van der Waals surface area contributed by atoms with E-state index in [2.05, 4.69) is 0 Å². The molecule has 0 radical (unpaired) electrons. The Hall–Kier alpha value is -1.40. The van der Waals surface area contributed by atoms with Gasteiger partial charge in [-0.25, -0.2) is 0 Å². The minimum absolute atomic E-state index is 0.0851. The fourth-order valence-electron chi connectivity index (χ4n) is 2.95. The van der Waals surface area contributed by atoms with E-state index in [0.29, 0.717) is 38.7 Å². The maximum Gasteiger partial charge on any atom is 0.228 e. The lowest BCUT2D eigenvalue weighted by Crippen LogP contribution is -2.39. The Morgan fingerprint density at radius 2 is 2.32 bits per heavy atom. The lowest BCUT2D eigenvalue weighted by Gasteiger charge is -2.25. The van der Waals surface area contributed by atoms with Gasteiger partial charge in [0.2, 0.25) is 11.8 Å². The first-order valence-electron chi connectivity index (χ1n) is 7.78. The Morgan fingerprint density at radius 1 is 1.50 bits per heavy atom. The minimum Gasteiger partial charge on any atom is -0.383 e. The van der Waals surface area contributed by atoms with Crippen molar-refractivity contribution < 1.29 is 14.3 Å². The number of rotatable bonds is 7. The molecular formula is C16H22N2O3S. The van der Waals surface area contributed by atoms with Crippen molar-refractivity contribution in [1.29, 1.82) is 0 Å². The Labute approximate surface area is 134 Å². The van der Waals surface area contributed by atoms with E-state index in [1.165, 1.54) is 0 Å². The summed E-state index contributed by atoms with van der Waals surface area (Å²) < 4.78 is 5.13. The van der Waals surface area contributed by atoms with Gasteiger partial charge in [0.15, 0.2) is 0 Å². The van der Waals surface area contributed by atoms with Gasteiger partial charge in [0.25, 0.3) is 0 Å². The van der Waals surface area contributed by atoms with Crippen LogP contribution in [0, 0.1) is 5.92 Å². The van der Waals surface area contributed by atoms with Crippen molar-refractivity contribution in [2.45, 2.75) is 31.8 Å². The van der Waals surface area contributed by atoms with Crippen LogP contribution in [0.2, 0.25) is 0 Å². The predicted molar refractivity (Wildman–Crippen MR) is 84.5 cm³/mol. The largest absolute Gasteiger partial charge is 0.383 e. The molecule has 1 atom stereocenters. The summed E-state index contributed by atoms with van der Waals surface area (Å²) in [6.45, 7) is 2.29. The molecule has 1 aliphatic carbocycles. The Balaban J connectivity index is 1.64. The van der Waals surface area contributed by atoms with Gasteiger partial charge in [0.05, 0.1) is 19.1 Å². The maximum absolute atomic E-state index is 12.8. The van der Waals surface area contributed by atoms with E-state index in [-0.39, 0.29) is 17.7 Å². The number of likely N-dealkylation sites (tertiary alicyclic amines) is 1. The summed E-state index contributed by atoms with van der Waals surface area (Å²) in [5, 5.41) is 2.02. The van der Waals surface area contributed by atoms with Crippen LogP contribution in [0.3, 0.4) is 0 Å². The summed E-state index contributed by atoms with van der Waals surface area (Å²) in [5.74, 6) is 0.0375. The highest BCUT2D eigenvalue weighted by molar-refractivity contribution is 7.09. The molecule has 2 amide bonds. The molecule has 0 bridgehead atoms. The second kappa shape index (κ2) is 6.79. The van der Waals surface area contributed by atoms with E-state index < -0.39 is 0 Å². The van der Waals surface area contributed by atoms with Crippen molar-refractivity contribution in [3.63, 3.8) is 0 Å². The Kier molecular flexibility index (Phi) is 4.78. The molecule has 1 aromatic heterocycles. The quantitative estimate of drug-likeness (QED) is 0.768. The van der Waals surface area contributed by atoms with E-state index in [1.54, 1.807) is 18.4 Å². The maximum atomic E-state index is 12.8. The Bertz CT molecular complexity index is 528. The van der Waals surface area contributed by atoms with Crippen LogP contribution in [0.25, 0.3) is 0 Å². The van der Waals surface area contributed by atoms with Crippen LogP contribution in [0.4, 0.5) is 0 Å². The molecule has 1 aliphatic heterocycles. The van der Waals surface area contributed by atoms with Gasteiger partial charge in [0.1, 0.15) is 0 Å². The van der Waals surface area contributed by atoms with Crippen LogP contribution in [0.1, 0.15) is 24.1 Å². The third kappa shape index (κ3) is 3.50. The molecule has 120 valence electrons. The average molecular weight is 322 g/mol. The predicted octanol–water partition coefficient (Wildman–Crippen LogP) is 1.73. The van der Waals surface area contributed by atoms with Crippen LogP contribution in [-0.4, -0.2) is 54.5 Å². The standard InChI is InChI=1S/C16H22N2O3S/c1-21-7-6-17(11-14-3-2-8-22-14)16(20)12-9-15(19)18(10-12)13-4-5-13/h2-3,8,12-13H,4-7,9-11H2,1H3/t12-/m0/s1. The smallest absolute Gasteiger partial charge is 0.228 e. The molecule has 22 heavy (non-hydrogen) atoms. The minimum atomic E-state index is -0.190. The van der Waals surface area contributed by atoms with E-state index in [0.717, 1.165) is 17.7 Å². The van der Waals surface area contributed by atoms with Gasteiger partial charge in [-0.05, 0) is 24.3 Å². The van der Waals surface area contributed by atoms with Gasteiger partial charge in [-0.1, -0.05) is 6.07 Å². The van der Waals surface area contributed by atoms with Gasteiger partial charge in [-0.2, -0.15) is 0 Å². The molecule has 2 heterocycles. The van der Waals surface area contributed by atoms with Crippen molar-refractivity contribution in [3.05, 3.63) is 22.4 Å². The first-order chi connectivity index (χ1) is 10.7. The summed E-state index contributed by atoms with van der Waals surface area (Å²) in [4.78, 5) is 29.8. The second-order valence-corrected chi connectivity index (χ2v) is 7.04. The summed E-state index contributed by atoms with van der Waals surface area (Å²) in [6.07, 6.45) is 2.55. The summed E-state index contributed by atoms with van der Waals surface area (Å²) in [5.41, 5.74) is 0. The number of carbonyl (C=O) groups is 2. The lowest BCUT2D eigenvalue weighted by atomic mass is 10.1. The fraction of sp³-hybridized carbons (Fsp3) is 0.625. The molecule has 5 nitrogen and oxygen atoms in total. The van der Waals surface area contributed by atoms with Crippen molar-refractivity contribution in [2.24, 2.45) is 5.92 Å². The van der Waals surface area contributed by atoms with Crippen LogP contribution in [0.15, 0.2) is 17.5 Å². The summed E-state index contributed by atoms with van der Waals surface area (Å²) >= 11 is 1.65. The van der Waals surface area contributed by atoms with E-state index in [1.807, 2.05) is 27.3 Å². The molecule has 1 saturated carbocycles. The van der Waals surface area contributed by atoms with Crippen molar-refractivity contribution >= 4 is 23.2 Å². The molecule has 2 aliphatic rings. The third-order valence-electron chi connectivity index (χ3n) is 4.30. The molecule has 0 aromatic carbocycles. The van der Waals surface area contributed by atoms with Gasteiger partial charge in [-0.3, -0.25) is 9.59 Å². The van der Waals surface area contributed by atoms with Gasteiger partial charge < -0.3 is 14.5 Å². The summed E-state index contributed by atoms with van der Waals surface area (Å²) in [7, 11) is 1.64. The van der Waals surface area contributed by atoms with Gasteiger partial charge >= 0.3 is 0 Å². The average Bonchev–Trinajstić information content (AvgIpc) is 3.08. The van der Waals surface area contributed by atoms with Gasteiger partial charge in [-0.15, -0.1) is 11.3 Å². The molecule has 0 spiro atoms. The van der Waals surface area contributed by atoms with Crippen molar-refractivity contribution in [2.75, 3.05) is 26.8 Å². The highest BCUT2D eigenvalue weighted by atomic mass is 32.1. The van der Waals surface area contributed by atoms with Crippen LogP contribution < -0.4 is 0 Å². The monoisotopic (exact) mass is 322 g/mol. The Morgan fingerprint density at radius 3 is 2.95 bits per heavy atom. The first-order valence-corrected chi connectivity index (χ1v) is 8.66. The second-order valence-electron chi connectivity index (χ2n) is 6.01. The topological polar surface area (TPSA) is 49.9 Å². The van der Waals surface area contributed by atoms with E-state index in [4.69, 9.17) is 4.74 Å². The highest BCUT2D eigenvalue weighted by Crippen LogP contribution is 2.33. The molecule has 2 fully saturated rings. The van der Waals surface area contributed by atoms with Crippen LogP contribution in [-0.2, 0) is 20.9 Å². The number of thiophene rings is 1.